The summed E-state index contributed by atoms with van der Waals surface area (Å²) in [7, 11) is 3.41. The largest absolute Gasteiger partial charge is 0.478 e. The number of nitrogens with zero attached hydrogens (tertiary/aromatic N) is 3. The average Bonchev–Trinajstić information content (AvgIpc) is 2.59. The lowest BCUT2D eigenvalue weighted by molar-refractivity contribution is 0.400. The number of hydrogen-bond acceptors (Lipinski definition) is 4. The Hall–Kier alpha value is -1.33. The first kappa shape index (κ1) is 10.2. The highest BCUT2D eigenvalue weighted by molar-refractivity contribution is 6.29. The van der Waals surface area contributed by atoms with Crippen molar-refractivity contribution in [3.63, 3.8) is 0 Å². The standard InChI is InChI=1S/C9H11ClN4O/c1-11-3-6-4-14-5-7(10)13-9(15-2)8(14)12-6/h4-5,11H,3H2,1-2H3. The van der Waals surface area contributed by atoms with E-state index >= 15 is 0 Å². The Bertz CT molecular complexity index is 482. The predicted octanol–water partition coefficient (Wildman–Crippen LogP) is 1.11. The fourth-order valence-electron chi connectivity index (χ4n) is 1.39. The number of halogens is 1. The topological polar surface area (TPSA) is 51.5 Å². The van der Waals surface area contributed by atoms with Crippen LogP contribution in [0.5, 0.6) is 5.88 Å². The van der Waals surface area contributed by atoms with Crippen LogP contribution in [0.25, 0.3) is 5.65 Å². The molecule has 2 aromatic rings. The molecular weight excluding hydrogens is 216 g/mol. The number of aromatic nitrogens is 3. The number of ether oxygens (including phenoxy) is 1. The summed E-state index contributed by atoms with van der Waals surface area (Å²) in [6, 6.07) is 0. The van der Waals surface area contributed by atoms with Gasteiger partial charge in [-0.25, -0.2) is 4.98 Å². The van der Waals surface area contributed by atoms with Crippen molar-refractivity contribution < 1.29 is 4.74 Å². The molecule has 0 spiro atoms. The number of hydrogen-bond donors (Lipinski definition) is 1. The lowest BCUT2D eigenvalue weighted by Crippen LogP contribution is -2.04. The van der Waals surface area contributed by atoms with Gasteiger partial charge in [0, 0.05) is 18.9 Å². The Kier molecular flexibility index (Phi) is 2.75. The molecule has 2 aromatic heterocycles. The van der Waals surface area contributed by atoms with E-state index in [0.29, 0.717) is 23.2 Å². The highest BCUT2D eigenvalue weighted by Crippen LogP contribution is 2.19. The zero-order valence-corrected chi connectivity index (χ0v) is 9.25. The van der Waals surface area contributed by atoms with E-state index < -0.39 is 0 Å². The summed E-state index contributed by atoms with van der Waals surface area (Å²) >= 11 is 5.83. The van der Waals surface area contributed by atoms with Gasteiger partial charge in [-0.1, -0.05) is 11.6 Å². The fraction of sp³-hybridized carbons (Fsp3) is 0.333. The molecule has 2 rings (SSSR count). The van der Waals surface area contributed by atoms with Crippen LogP contribution >= 0.6 is 11.6 Å². The predicted molar refractivity (Wildman–Crippen MR) is 57.3 cm³/mol. The van der Waals surface area contributed by atoms with Crippen LogP contribution in [-0.2, 0) is 6.54 Å². The first-order chi connectivity index (χ1) is 7.24. The maximum Gasteiger partial charge on any atom is 0.259 e. The van der Waals surface area contributed by atoms with Crippen LogP contribution in [0.2, 0.25) is 5.15 Å². The van der Waals surface area contributed by atoms with Crippen molar-refractivity contribution in [2.75, 3.05) is 14.2 Å². The second-order valence-corrected chi connectivity index (χ2v) is 3.45. The first-order valence-corrected chi connectivity index (χ1v) is 4.85. The molecule has 6 heteroatoms. The Labute approximate surface area is 92.1 Å². The lowest BCUT2D eigenvalue weighted by atomic mass is 10.5. The van der Waals surface area contributed by atoms with Crippen LogP contribution in [0.15, 0.2) is 12.4 Å². The van der Waals surface area contributed by atoms with Crippen molar-refractivity contribution in [3.05, 3.63) is 23.2 Å². The maximum atomic E-state index is 5.83. The van der Waals surface area contributed by atoms with Crippen molar-refractivity contribution in [2.24, 2.45) is 0 Å². The molecule has 0 fully saturated rings. The van der Waals surface area contributed by atoms with Gasteiger partial charge in [-0.3, -0.25) is 4.40 Å². The van der Waals surface area contributed by atoms with Gasteiger partial charge < -0.3 is 10.1 Å². The van der Waals surface area contributed by atoms with Gasteiger partial charge in [-0.2, -0.15) is 4.98 Å². The van der Waals surface area contributed by atoms with E-state index in [-0.39, 0.29) is 0 Å². The molecule has 0 unspecified atom stereocenters. The van der Waals surface area contributed by atoms with Gasteiger partial charge in [0.15, 0.2) is 0 Å². The number of fused-ring (bicyclic) bond motifs is 1. The molecule has 0 aromatic carbocycles. The molecule has 0 aliphatic carbocycles. The van der Waals surface area contributed by atoms with Gasteiger partial charge >= 0.3 is 0 Å². The van der Waals surface area contributed by atoms with Crippen molar-refractivity contribution in [1.82, 2.24) is 19.7 Å². The fourth-order valence-corrected chi connectivity index (χ4v) is 1.58. The molecule has 1 N–H and O–H groups in total. The van der Waals surface area contributed by atoms with Crippen LogP contribution in [0.3, 0.4) is 0 Å². The van der Waals surface area contributed by atoms with Gasteiger partial charge in [0.05, 0.1) is 12.8 Å². The van der Waals surface area contributed by atoms with Gasteiger partial charge in [-0.15, -0.1) is 0 Å². The third-order valence-corrected chi connectivity index (χ3v) is 2.16. The summed E-state index contributed by atoms with van der Waals surface area (Å²) < 4.78 is 6.91. The Morgan fingerprint density at radius 2 is 2.27 bits per heavy atom. The van der Waals surface area contributed by atoms with E-state index in [1.807, 2.05) is 13.2 Å². The summed E-state index contributed by atoms with van der Waals surface area (Å²) in [6.07, 6.45) is 3.59. The molecule has 5 nitrogen and oxygen atoms in total. The summed E-state index contributed by atoms with van der Waals surface area (Å²) in [5, 5.41) is 3.41. The lowest BCUT2D eigenvalue weighted by Gasteiger charge is -2.00. The molecule has 0 bridgehead atoms. The van der Waals surface area contributed by atoms with Crippen LogP contribution in [-0.4, -0.2) is 28.5 Å². The Morgan fingerprint density at radius 1 is 1.47 bits per heavy atom. The van der Waals surface area contributed by atoms with Gasteiger partial charge in [0.1, 0.15) is 5.15 Å². The van der Waals surface area contributed by atoms with Crippen LogP contribution in [0, 0.1) is 0 Å². The smallest absolute Gasteiger partial charge is 0.259 e. The minimum absolute atomic E-state index is 0.382. The number of nitrogens with one attached hydrogen (secondary N) is 1. The Morgan fingerprint density at radius 3 is 2.93 bits per heavy atom. The van der Waals surface area contributed by atoms with E-state index in [4.69, 9.17) is 16.3 Å². The average molecular weight is 227 g/mol. The van der Waals surface area contributed by atoms with Gasteiger partial charge in [0.2, 0.25) is 5.65 Å². The molecule has 2 heterocycles. The molecule has 0 atom stereocenters. The second-order valence-electron chi connectivity index (χ2n) is 3.07. The molecule has 80 valence electrons. The third kappa shape index (κ3) is 1.88. The van der Waals surface area contributed by atoms with E-state index in [0.717, 1.165) is 5.69 Å². The molecule has 0 aliphatic heterocycles. The number of rotatable bonds is 3. The summed E-state index contributed by atoms with van der Waals surface area (Å²) in [6.45, 7) is 0.697. The van der Waals surface area contributed by atoms with Crippen molar-refractivity contribution in [2.45, 2.75) is 6.54 Å². The molecule has 0 aliphatic rings. The molecule has 0 radical (unpaired) electrons. The van der Waals surface area contributed by atoms with E-state index in [2.05, 4.69) is 15.3 Å². The SMILES string of the molecule is CNCc1cn2cc(Cl)nc(OC)c2n1. The minimum Gasteiger partial charge on any atom is -0.478 e. The van der Waals surface area contributed by atoms with Crippen molar-refractivity contribution >= 4 is 17.2 Å². The third-order valence-electron chi connectivity index (χ3n) is 1.98. The summed E-state index contributed by atoms with van der Waals surface area (Å²) in [5.74, 6) is 0.435. The zero-order valence-electron chi connectivity index (χ0n) is 8.49. The van der Waals surface area contributed by atoms with Crippen molar-refractivity contribution in [1.29, 1.82) is 0 Å². The van der Waals surface area contributed by atoms with E-state index in [9.17, 15) is 0 Å². The van der Waals surface area contributed by atoms with E-state index in [1.165, 1.54) is 0 Å². The van der Waals surface area contributed by atoms with Gasteiger partial charge in [0.25, 0.3) is 5.88 Å². The summed E-state index contributed by atoms with van der Waals surface area (Å²) in [5.41, 5.74) is 1.59. The van der Waals surface area contributed by atoms with E-state index in [1.54, 1.807) is 17.7 Å². The molecular formula is C9H11ClN4O. The first-order valence-electron chi connectivity index (χ1n) is 4.47. The minimum atomic E-state index is 0.382. The molecule has 0 saturated carbocycles. The monoisotopic (exact) mass is 226 g/mol. The summed E-state index contributed by atoms with van der Waals surface area (Å²) in [4.78, 5) is 8.40. The molecule has 0 saturated heterocycles. The number of methoxy groups -OCH3 is 1. The normalized spacial score (nSPS) is 10.9. The maximum absolute atomic E-state index is 5.83. The van der Waals surface area contributed by atoms with Crippen LogP contribution in [0.4, 0.5) is 0 Å². The zero-order chi connectivity index (χ0) is 10.8. The van der Waals surface area contributed by atoms with Crippen LogP contribution in [0.1, 0.15) is 5.69 Å². The van der Waals surface area contributed by atoms with Crippen LogP contribution < -0.4 is 10.1 Å². The highest BCUT2D eigenvalue weighted by atomic mass is 35.5. The highest BCUT2D eigenvalue weighted by Gasteiger charge is 2.09. The van der Waals surface area contributed by atoms with Gasteiger partial charge in [-0.05, 0) is 7.05 Å². The molecule has 0 amide bonds. The number of imidazole rings is 1. The van der Waals surface area contributed by atoms with Crippen molar-refractivity contribution in [3.8, 4) is 5.88 Å². The quantitative estimate of drug-likeness (QED) is 0.852. The second kappa shape index (κ2) is 4.04. The molecule has 15 heavy (non-hydrogen) atoms. The Balaban J connectivity index is 2.58.